The molecule has 0 saturated carbocycles. The lowest BCUT2D eigenvalue weighted by atomic mass is 10.2. The summed E-state index contributed by atoms with van der Waals surface area (Å²) in [5.41, 5.74) is 0.991. The molecule has 2 rings (SSSR count). The molecule has 2 aromatic rings. The lowest BCUT2D eigenvalue weighted by Crippen LogP contribution is -2.36. The highest BCUT2D eigenvalue weighted by Crippen LogP contribution is 2.24. The summed E-state index contributed by atoms with van der Waals surface area (Å²) in [7, 11) is 4.95. The fourth-order valence-electron chi connectivity index (χ4n) is 1.97. The monoisotopic (exact) mass is 447 g/mol. The number of aliphatic imine (C=N–C) groups is 1. The highest BCUT2D eigenvalue weighted by atomic mass is 127. The van der Waals surface area contributed by atoms with Crippen LogP contribution in [0.4, 0.5) is 0 Å². The van der Waals surface area contributed by atoms with Gasteiger partial charge in [-0.05, 0) is 19.1 Å². The Balaban J connectivity index is 0.00000288. The molecule has 0 bridgehead atoms. The Morgan fingerprint density at radius 3 is 2.54 bits per heavy atom. The quantitative estimate of drug-likeness (QED) is 0.397. The largest absolute Gasteiger partial charge is 0.497 e. The Labute approximate surface area is 158 Å². The van der Waals surface area contributed by atoms with Crippen molar-refractivity contribution in [3.8, 4) is 11.5 Å². The van der Waals surface area contributed by atoms with Crippen molar-refractivity contribution in [3.05, 3.63) is 35.5 Å². The number of benzene rings is 1. The Morgan fingerprint density at radius 1 is 1.21 bits per heavy atom. The molecule has 132 valence electrons. The molecule has 0 amide bonds. The summed E-state index contributed by atoms with van der Waals surface area (Å²) in [5.74, 6) is 3.23. The van der Waals surface area contributed by atoms with Gasteiger partial charge in [-0.1, -0.05) is 5.16 Å². The standard InChI is InChI=1S/C15H21N5O3.HI/c1-10-19-14(23-20-10)9-18-15(16-2)17-8-11-5-6-12(21-3)7-13(11)22-4;/h5-7H,8-9H2,1-4H3,(H2,16,17,18);1H. The van der Waals surface area contributed by atoms with E-state index < -0.39 is 0 Å². The van der Waals surface area contributed by atoms with Gasteiger partial charge in [0.1, 0.15) is 11.5 Å². The van der Waals surface area contributed by atoms with Gasteiger partial charge < -0.3 is 24.6 Å². The van der Waals surface area contributed by atoms with Crippen molar-refractivity contribution in [2.75, 3.05) is 21.3 Å². The molecule has 0 aliphatic carbocycles. The van der Waals surface area contributed by atoms with Crippen LogP contribution in [0.25, 0.3) is 0 Å². The van der Waals surface area contributed by atoms with Gasteiger partial charge in [0.15, 0.2) is 11.8 Å². The van der Waals surface area contributed by atoms with Gasteiger partial charge in [-0.3, -0.25) is 4.99 Å². The van der Waals surface area contributed by atoms with E-state index in [1.165, 1.54) is 0 Å². The number of hydrogen-bond acceptors (Lipinski definition) is 6. The van der Waals surface area contributed by atoms with Crippen LogP contribution in [-0.4, -0.2) is 37.4 Å². The molecule has 0 aliphatic heterocycles. The number of aryl methyl sites for hydroxylation is 1. The average Bonchev–Trinajstić information content (AvgIpc) is 3.00. The van der Waals surface area contributed by atoms with E-state index in [4.69, 9.17) is 14.0 Å². The van der Waals surface area contributed by atoms with Crippen LogP contribution in [0, 0.1) is 6.92 Å². The molecule has 0 unspecified atom stereocenters. The SMILES string of the molecule is CN=C(NCc1nc(C)no1)NCc1ccc(OC)cc1OC.I. The molecule has 24 heavy (non-hydrogen) atoms. The third kappa shape index (κ3) is 5.55. The van der Waals surface area contributed by atoms with Crippen molar-refractivity contribution in [3.63, 3.8) is 0 Å². The van der Waals surface area contributed by atoms with Crippen LogP contribution in [-0.2, 0) is 13.1 Å². The van der Waals surface area contributed by atoms with Crippen LogP contribution in [0.5, 0.6) is 11.5 Å². The van der Waals surface area contributed by atoms with E-state index in [0.29, 0.717) is 30.8 Å². The van der Waals surface area contributed by atoms with Crippen molar-refractivity contribution in [1.29, 1.82) is 0 Å². The molecule has 2 N–H and O–H groups in total. The van der Waals surface area contributed by atoms with Gasteiger partial charge in [-0.25, -0.2) is 0 Å². The van der Waals surface area contributed by atoms with Gasteiger partial charge >= 0.3 is 0 Å². The van der Waals surface area contributed by atoms with Crippen molar-refractivity contribution in [1.82, 2.24) is 20.8 Å². The first-order valence-electron chi connectivity index (χ1n) is 7.11. The molecule has 1 heterocycles. The number of guanidine groups is 1. The lowest BCUT2D eigenvalue weighted by Gasteiger charge is -2.13. The van der Waals surface area contributed by atoms with E-state index in [-0.39, 0.29) is 24.0 Å². The van der Waals surface area contributed by atoms with Crippen molar-refractivity contribution < 1.29 is 14.0 Å². The molecular formula is C15H22IN5O3. The highest BCUT2D eigenvalue weighted by Gasteiger charge is 2.07. The zero-order valence-electron chi connectivity index (χ0n) is 14.1. The molecule has 0 spiro atoms. The maximum Gasteiger partial charge on any atom is 0.246 e. The normalized spacial score (nSPS) is 10.8. The Kier molecular flexibility index (Phi) is 8.30. The topological polar surface area (TPSA) is 93.8 Å². The van der Waals surface area contributed by atoms with Gasteiger partial charge in [-0.15, -0.1) is 24.0 Å². The van der Waals surface area contributed by atoms with Crippen molar-refractivity contribution >= 4 is 29.9 Å². The molecule has 0 aliphatic rings. The Hall–Kier alpha value is -2.04. The molecule has 0 radical (unpaired) electrons. The smallest absolute Gasteiger partial charge is 0.246 e. The lowest BCUT2D eigenvalue weighted by molar-refractivity contribution is 0.371. The fraction of sp³-hybridized carbons (Fsp3) is 0.400. The summed E-state index contributed by atoms with van der Waals surface area (Å²) in [5, 5.41) is 10.0. The number of halogens is 1. The summed E-state index contributed by atoms with van der Waals surface area (Å²) in [6, 6.07) is 5.67. The van der Waals surface area contributed by atoms with Gasteiger partial charge in [0.05, 0.1) is 20.8 Å². The summed E-state index contributed by atoms with van der Waals surface area (Å²) in [6.07, 6.45) is 0. The molecule has 0 saturated heterocycles. The molecule has 8 nitrogen and oxygen atoms in total. The molecule has 0 fully saturated rings. The van der Waals surface area contributed by atoms with E-state index in [0.717, 1.165) is 17.1 Å². The summed E-state index contributed by atoms with van der Waals surface area (Å²) >= 11 is 0. The predicted octanol–water partition coefficient (Wildman–Crippen LogP) is 1.88. The molecule has 1 aromatic heterocycles. The van der Waals surface area contributed by atoms with E-state index in [9.17, 15) is 0 Å². The van der Waals surface area contributed by atoms with E-state index in [1.807, 2.05) is 18.2 Å². The van der Waals surface area contributed by atoms with Crippen molar-refractivity contribution in [2.45, 2.75) is 20.0 Å². The van der Waals surface area contributed by atoms with Gasteiger partial charge in [0, 0.05) is 25.2 Å². The zero-order valence-corrected chi connectivity index (χ0v) is 16.5. The minimum Gasteiger partial charge on any atom is -0.497 e. The maximum absolute atomic E-state index is 5.37. The average molecular weight is 447 g/mol. The number of nitrogens with one attached hydrogen (secondary N) is 2. The summed E-state index contributed by atoms with van der Waals surface area (Å²) < 4.78 is 15.6. The van der Waals surface area contributed by atoms with Crippen LogP contribution < -0.4 is 20.1 Å². The number of methoxy groups -OCH3 is 2. The van der Waals surface area contributed by atoms with E-state index >= 15 is 0 Å². The number of ether oxygens (including phenoxy) is 2. The minimum absolute atomic E-state index is 0. The number of nitrogens with zero attached hydrogens (tertiary/aromatic N) is 3. The third-order valence-electron chi connectivity index (χ3n) is 3.14. The molecule has 1 aromatic carbocycles. The van der Waals surface area contributed by atoms with Crippen LogP contribution in [0.1, 0.15) is 17.3 Å². The van der Waals surface area contributed by atoms with Gasteiger partial charge in [0.25, 0.3) is 0 Å². The second kappa shape index (κ2) is 9.96. The maximum atomic E-state index is 5.37. The summed E-state index contributed by atoms with van der Waals surface area (Å²) in [6.45, 7) is 2.73. The number of aromatic nitrogens is 2. The van der Waals surface area contributed by atoms with E-state index in [2.05, 4.69) is 25.8 Å². The first-order valence-corrected chi connectivity index (χ1v) is 7.11. The van der Waals surface area contributed by atoms with Gasteiger partial charge in [0.2, 0.25) is 5.89 Å². The first kappa shape index (κ1) is 20.0. The zero-order chi connectivity index (χ0) is 16.7. The second-order valence-corrected chi connectivity index (χ2v) is 4.69. The van der Waals surface area contributed by atoms with Crippen LogP contribution in [0.15, 0.2) is 27.7 Å². The molecule has 9 heteroatoms. The second-order valence-electron chi connectivity index (χ2n) is 4.69. The Bertz CT molecular complexity index is 675. The molecular weight excluding hydrogens is 425 g/mol. The predicted molar refractivity (Wildman–Crippen MR) is 101 cm³/mol. The van der Waals surface area contributed by atoms with Crippen LogP contribution in [0.3, 0.4) is 0 Å². The van der Waals surface area contributed by atoms with Gasteiger partial charge in [-0.2, -0.15) is 4.98 Å². The highest BCUT2D eigenvalue weighted by molar-refractivity contribution is 14.0. The van der Waals surface area contributed by atoms with Crippen LogP contribution in [0.2, 0.25) is 0 Å². The molecule has 0 atom stereocenters. The third-order valence-corrected chi connectivity index (χ3v) is 3.14. The number of rotatable bonds is 6. The fourth-order valence-corrected chi connectivity index (χ4v) is 1.97. The minimum atomic E-state index is 0. The first-order chi connectivity index (χ1) is 11.2. The Morgan fingerprint density at radius 2 is 1.96 bits per heavy atom. The summed E-state index contributed by atoms with van der Waals surface area (Å²) in [4.78, 5) is 8.28. The van der Waals surface area contributed by atoms with Crippen molar-refractivity contribution in [2.24, 2.45) is 4.99 Å². The number of hydrogen-bond donors (Lipinski definition) is 2. The van der Waals surface area contributed by atoms with E-state index in [1.54, 1.807) is 28.2 Å². The van der Waals surface area contributed by atoms with Crippen LogP contribution >= 0.6 is 24.0 Å².